The van der Waals surface area contributed by atoms with Crippen LogP contribution >= 0.6 is 0 Å². The van der Waals surface area contributed by atoms with E-state index in [0.717, 1.165) is 0 Å². The van der Waals surface area contributed by atoms with Crippen LogP contribution in [0.1, 0.15) is 0 Å². The Balaban J connectivity index is 2.56. The topological polar surface area (TPSA) is 0 Å². The Kier molecular flexibility index (Phi) is 3.16. The largest absolute Gasteiger partial charge is 0.573 e. The Morgan fingerprint density at radius 2 is 1.40 bits per heavy atom. The van der Waals surface area contributed by atoms with Gasteiger partial charge in [-0.2, -0.15) is 0 Å². The van der Waals surface area contributed by atoms with Crippen LogP contribution in [0.5, 0.6) is 0 Å². The van der Waals surface area contributed by atoms with Gasteiger partial charge in [0.1, 0.15) is 0 Å². The second-order valence-electron chi connectivity index (χ2n) is 4.56. The van der Waals surface area contributed by atoms with Crippen molar-refractivity contribution in [3.8, 4) is 0 Å². The first-order valence-electron chi connectivity index (χ1n) is 6.10. The maximum absolute atomic E-state index is 13.4. The molecule has 0 unspecified atom stereocenters. The molecule has 0 saturated carbocycles. The van der Waals surface area contributed by atoms with Crippen molar-refractivity contribution >= 4 is 47.0 Å². The molecule has 0 aliphatic heterocycles. The minimum Gasteiger partial charge on any atom is -0.281 e. The number of hydrogen-bond donors (Lipinski definition) is 0. The first kappa shape index (κ1) is 13.0. The Hall–Kier alpha value is -1.97. The molecule has 20 heavy (non-hydrogen) atoms. The lowest BCUT2D eigenvalue weighted by Crippen LogP contribution is -2.31. The lowest BCUT2D eigenvalue weighted by Gasteiger charge is -2.12. The highest BCUT2D eigenvalue weighted by atomic mass is 19.2. The molecule has 0 atom stereocenters. The van der Waals surface area contributed by atoms with Crippen molar-refractivity contribution in [2.24, 2.45) is 0 Å². The van der Waals surface area contributed by atoms with Gasteiger partial charge in [-0.3, -0.25) is 17.3 Å². The van der Waals surface area contributed by atoms with E-state index in [1.54, 1.807) is 36.4 Å². The van der Waals surface area contributed by atoms with Crippen LogP contribution in [0.3, 0.4) is 0 Å². The van der Waals surface area contributed by atoms with E-state index in [0.29, 0.717) is 16.2 Å². The van der Waals surface area contributed by atoms with Gasteiger partial charge in [0.15, 0.2) is 0 Å². The number of fused-ring (bicyclic) bond motifs is 2. The molecule has 3 aromatic carbocycles. The summed E-state index contributed by atoms with van der Waals surface area (Å²) < 4.78 is 53.0. The number of hydrogen-bond acceptors (Lipinski definition) is 0. The molecular weight excluding hydrogens is 266 g/mol. The first-order valence-corrected chi connectivity index (χ1v) is 6.10. The van der Waals surface area contributed by atoms with E-state index in [1.807, 2.05) is 0 Å². The van der Waals surface area contributed by atoms with Crippen LogP contribution in [0, 0.1) is 0 Å². The Bertz CT molecular complexity index is 787. The summed E-state index contributed by atoms with van der Waals surface area (Å²) in [7, 11) is -5.58. The SMILES string of the molecule is FB(F)c1cccc2cc3ccccc3c(B(F)F)c12. The van der Waals surface area contributed by atoms with Crippen molar-refractivity contribution in [3.63, 3.8) is 0 Å². The van der Waals surface area contributed by atoms with Gasteiger partial charge in [-0.15, -0.1) is 0 Å². The second kappa shape index (κ2) is 4.85. The van der Waals surface area contributed by atoms with E-state index < -0.39 is 14.5 Å². The van der Waals surface area contributed by atoms with E-state index in [4.69, 9.17) is 0 Å². The third kappa shape index (κ3) is 1.96. The van der Waals surface area contributed by atoms with Crippen LogP contribution in [-0.4, -0.2) is 14.5 Å². The average Bonchev–Trinajstić information content (AvgIpc) is 2.43. The molecule has 0 nitrogen and oxygen atoms in total. The molecule has 3 aromatic rings. The molecule has 0 aromatic heterocycles. The van der Waals surface area contributed by atoms with Gasteiger partial charge in [0.05, 0.1) is 0 Å². The summed E-state index contributed by atoms with van der Waals surface area (Å²) >= 11 is 0. The Morgan fingerprint density at radius 1 is 0.700 bits per heavy atom. The zero-order chi connectivity index (χ0) is 14.3. The van der Waals surface area contributed by atoms with E-state index >= 15 is 0 Å². The zero-order valence-electron chi connectivity index (χ0n) is 10.3. The van der Waals surface area contributed by atoms with Crippen molar-refractivity contribution in [1.82, 2.24) is 0 Å². The summed E-state index contributed by atoms with van der Waals surface area (Å²) in [5.41, 5.74) is -0.655. The van der Waals surface area contributed by atoms with Crippen molar-refractivity contribution in [2.45, 2.75) is 0 Å². The predicted molar refractivity (Wildman–Crippen MR) is 76.7 cm³/mol. The van der Waals surface area contributed by atoms with Crippen molar-refractivity contribution in [1.29, 1.82) is 0 Å². The van der Waals surface area contributed by atoms with Gasteiger partial charge in [0.2, 0.25) is 0 Å². The van der Waals surface area contributed by atoms with E-state index in [2.05, 4.69) is 0 Å². The first-order chi connectivity index (χ1) is 9.59. The standard InChI is InChI=1S/C14H8B2F4/c17-15(18)12-7-3-5-10-8-9-4-1-2-6-11(9)14(13(10)12)16(19)20/h1-8H. The third-order valence-corrected chi connectivity index (χ3v) is 3.41. The summed E-state index contributed by atoms with van der Waals surface area (Å²) in [6, 6.07) is 12.5. The summed E-state index contributed by atoms with van der Waals surface area (Å²) in [5.74, 6) is 0. The maximum atomic E-state index is 13.4. The highest BCUT2D eigenvalue weighted by Gasteiger charge is 2.28. The van der Waals surface area contributed by atoms with E-state index in [9.17, 15) is 17.3 Å². The van der Waals surface area contributed by atoms with Crippen LogP contribution in [0.25, 0.3) is 21.5 Å². The normalized spacial score (nSPS) is 11.0. The molecule has 0 spiro atoms. The lowest BCUT2D eigenvalue weighted by atomic mass is 9.72. The molecule has 0 amide bonds. The molecule has 0 N–H and O–H groups in total. The molecule has 3 rings (SSSR count). The predicted octanol–water partition coefficient (Wildman–Crippen LogP) is 3.26. The molecule has 0 saturated heterocycles. The lowest BCUT2D eigenvalue weighted by molar-refractivity contribution is 0.685. The summed E-state index contributed by atoms with van der Waals surface area (Å²) in [5, 5.41) is 1.33. The van der Waals surface area contributed by atoms with Crippen LogP contribution in [0.2, 0.25) is 0 Å². The van der Waals surface area contributed by atoms with Crippen LogP contribution in [0.4, 0.5) is 17.3 Å². The molecule has 0 radical (unpaired) electrons. The molecular formula is C14H8B2F4. The molecule has 0 aliphatic carbocycles. The van der Waals surface area contributed by atoms with Crippen LogP contribution in [0.15, 0.2) is 48.5 Å². The van der Waals surface area contributed by atoms with Gasteiger partial charge in [-0.1, -0.05) is 42.5 Å². The van der Waals surface area contributed by atoms with Gasteiger partial charge >= 0.3 is 14.5 Å². The second-order valence-corrected chi connectivity index (χ2v) is 4.56. The van der Waals surface area contributed by atoms with Gasteiger partial charge < -0.3 is 0 Å². The highest BCUT2D eigenvalue weighted by Crippen LogP contribution is 2.22. The number of benzene rings is 3. The number of halogens is 4. The van der Waals surface area contributed by atoms with Gasteiger partial charge in [-0.25, -0.2) is 0 Å². The fraction of sp³-hybridized carbons (Fsp3) is 0. The fourth-order valence-electron chi connectivity index (χ4n) is 2.60. The minimum atomic E-state index is -2.80. The smallest absolute Gasteiger partial charge is 0.281 e. The van der Waals surface area contributed by atoms with Gasteiger partial charge in [-0.05, 0) is 33.1 Å². The maximum Gasteiger partial charge on any atom is 0.573 e. The molecule has 0 fully saturated rings. The quantitative estimate of drug-likeness (QED) is 0.382. The average molecular weight is 274 g/mol. The molecule has 0 aliphatic rings. The number of rotatable bonds is 2. The van der Waals surface area contributed by atoms with E-state index in [-0.39, 0.29) is 16.3 Å². The Morgan fingerprint density at radius 3 is 2.10 bits per heavy atom. The van der Waals surface area contributed by atoms with Gasteiger partial charge in [0, 0.05) is 5.46 Å². The zero-order valence-corrected chi connectivity index (χ0v) is 10.3. The summed E-state index contributed by atoms with van der Waals surface area (Å²) in [6.07, 6.45) is 0. The monoisotopic (exact) mass is 274 g/mol. The fourth-order valence-corrected chi connectivity index (χ4v) is 2.60. The summed E-state index contributed by atoms with van der Waals surface area (Å²) in [6.45, 7) is 0. The third-order valence-electron chi connectivity index (χ3n) is 3.41. The molecule has 0 bridgehead atoms. The minimum absolute atomic E-state index is 0.0313. The van der Waals surface area contributed by atoms with E-state index in [1.165, 1.54) is 12.1 Å². The van der Waals surface area contributed by atoms with Crippen molar-refractivity contribution < 1.29 is 17.3 Å². The molecule has 0 heterocycles. The Labute approximate surface area is 113 Å². The molecule has 98 valence electrons. The van der Waals surface area contributed by atoms with Crippen LogP contribution in [-0.2, 0) is 0 Å². The van der Waals surface area contributed by atoms with Gasteiger partial charge in [0.25, 0.3) is 0 Å². The summed E-state index contributed by atoms with van der Waals surface area (Å²) in [4.78, 5) is 0. The van der Waals surface area contributed by atoms with Crippen molar-refractivity contribution in [3.05, 3.63) is 48.5 Å². The molecule has 6 heteroatoms. The van der Waals surface area contributed by atoms with Crippen molar-refractivity contribution in [2.75, 3.05) is 0 Å². The highest BCUT2D eigenvalue weighted by molar-refractivity contribution is 6.71. The van der Waals surface area contributed by atoms with Crippen LogP contribution < -0.4 is 10.9 Å².